The molecule has 1 aliphatic rings. The van der Waals surface area contributed by atoms with Crippen molar-refractivity contribution in [2.24, 2.45) is 0 Å². The minimum Gasteiger partial charge on any atom is -0.497 e. The minimum atomic E-state index is -1.90. The van der Waals surface area contributed by atoms with Crippen molar-refractivity contribution in [3.63, 3.8) is 0 Å². The smallest absolute Gasteiger partial charge is 0.121 e. The highest BCUT2D eigenvalue weighted by molar-refractivity contribution is 6.94. The monoisotopic (exact) mass is 370 g/mol. The highest BCUT2D eigenvalue weighted by Gasteiger charge is 2.47. The summed E-state index contributed by atoms with van der Waals surface area (Å²) in [6.45, 7) is 23.5. The van der Waals surface area contributed by atoms with Crippen molar-refractivity contribution in [2.45, 2.75) is 84.4 Å². The van der Waals surface area contributed by atoms with Crippen LogP contribution in [0, 0.1) is 0 Å². The molecule has 0 heterocycles. The lowest BCUT2D eigenvalue weighted by Gasteiger charge is -2.43. The third kappa shape index (κ3) is 3.33. The number of ether oxygens (including phenoxy) is 1. The van der Waals surface area contributed by atoms with Gasteiger partial charge in [0.2, 0.25) is 0 Å². The zero-order valence-electron chi connectivity index (χ0n) is 18.8. The first kappa shape index (κ1) is 21.0. The summed E-state index contributed by atoms with van der Waals surface area (Å²) in [6, 6.07) is 4.83. The van der Waals surface area contributed by atoms with Crippen LogP contribution in [0.2, 0.25) is 18.1 Å². The van der Waals surface area contributed by atoms with Gasteiger partial charge >= 0.3 is 0 Å². The standard InChI is InChI=1S/C24H38OSi/c1-17-13-12-14-24(17,8)26(10,11)20-16-18(22(2,3)4)15-19(21(20)25-9)23(5,6)7/h12-16H,1-11H3. The summed E-state index contributed by atoms with van der Waals surface area (Å²) >= 11 is 0. The van der Waals surface area contributed by atoms with Gasteiger partial charge in [-0.05, 0) is 34.1 Å². The molecule has 2 rings (SSSR count). The zero-order valence-corrected chi connectivity index (χ0v) is 19.8. The van der Waals surface area contributed by atoms with E-state index in [1.165, 1.54) is 21.9 Å². The Bertz CT molecular complexity index is 754. The Hall–Kier alpha value is -1.28. The van der Waals surface area contributed by atoms with E-state index in [0.29, 0.717) is 0 Å². The van der Waals surface area contributed by atoms with Crippen molar-refractivity contribution in [2.75, 3.05) is 7.11 Å². The summed E-state index contributed by atoms with van der Waals surface area (Å²) in [7, 11) is -0.0615. The first-order chi connectivity index (χ1) is 11.7. The van der Waals surface area contributed by atoms with Crippen molar-refractivity contribution in [1.29, 1.82) is 0 Å². The van der Waals surface area contributed by atoms with Crippen molar-refractivity contribution in [3.05, 3.63) is 47.1 Å². The molecule has 0 bridgehead atoms. The molecule has 1 nitrogen and oxygen atoms in total. The molecule has 144 valence electrons. The fourth-order valence-corrected chi connectivity index (χ4v) is 7.44. The van der Waals surface area contributed by atoms with Gasteiger partial charge in [0.1, 0.15) is 5.75 Å². The molecule has 26 heavy (non-hydrogen) atoms. The highest BCUT2D eigenvalue weighted by atomic mass is 28.3. The van der Waals surface area contributed by atoms with Gasteiger partial charge in [0.15, 0.2) is 0 Å². The van der Waals surface area contributed by atoms with Crippen LogP contribution in [0.15, 0.2) is 35.9 Å². The predicted octanol–water partition coefficient (Wildman–Crippen LogP) is 6.48. The summed E-state index contributed by atoms with van der Waals surface area (Å²) in [6.07, 6.45) is 6.92. The predicted molar refractivity (Wildman–Crippen MR) is 119 cm³/mol. The van der Waals surface area contributed by atoms with Crippen LogP contribution in [-0.4, -0.2) is 15.2 Å². The van der Waals surface area contributed by atoms with Gasteiger partial charge in [-0.15, -0.1) is 0 Å². The van der Waals surface area contributed by atoms with E-state index in [4.69, 9.17) is 4.74 Å². The summed E-state index contributed by atoms with van der Waals surface area (Å²) in [5, 5.41) is 1.56. The molecule has 0 spiro atoms. The Labute approximate surface area is 162 Å². The molecule has 1 aliphatic carbocycles. The van der Waals surface area contributed by atoms with Crippen LogP contribution in [0.1, 0.15) is 66.5 Å². The number of benzene rings is 1. The fourth-order valence-electron chi connectivity index (χ4n) is 3.97. The Balaban J connectivity index is 2.87. The van der Waals surface area contributed by atoms with E-state index in [9.17, 15) is 0 Å². The van der Waals surface area contributed by atoms with Gasteiger partial charge in [0.05, 0.1) is 15.2 Å². The fraction of sp³-hybridized carbons (Fsp3) is 0.583. The molecule has 0 amide bonds. The quantitative estimate of drug-likeness (QED) is 0.553. The van der Waals surface area contributed by atoms with Gasteiger partial charge in [-0.3, -0.25) is 0 Å². The maximum atomic E-state index is 6.09. The summed E-state index contributed by atoms with van der Waals surface area (Å²) in [5.74, 6) is 1.11. The maximum Gasteiger partial charge on any atom is 0.121 e. The normalized spacial score (nSPS) is 21.1. The largest absolute Gasteiger partial charge is 0.497 e. The molecule has 1 aromatic carbocycles. The van der Waals surface area contributed by atoms with Crippen LogP contribution >= 0.6 is 0 Å². The summed E-state index contributed by atoms with van der Waals surface area (Å²) in [4.78, 5) is 0. The molecule has 0 saturated carbocycles. The third-order valence-electron chi connectivity index (χ3n) is 6.53. The Kier molecular flexibility index (Phi) is 5.18. The molecule has 0 aromatic heterocycles. The lowest BCUT2D eigenvalue weighted by Crippen LogP contribution is -2.52. The zero-order chi connectivity index (χ0) is 20.1. The van der Waals surface area contributed by atoms with E-state index in [2.05, 4.69) is 98.8 Å². The van der Waals surface area contributed by atoms with Gasteiger partial charge in [-0.25, -0.2) is 0 Å². The molecule has 0 aliphatic heterocycles. The number of hydrogen-bond acceptors (Lipinski definition) is 1. The molecular formula is C24H38OSi. The van der Waals surface area contributed by atoms with Gasteiger partial charge in [-0.1, -0.05) is 97.5 Å². The van der Waals surface area contributed by atoms with Gasteiger partial charge in [-0.2, -0.15) is 0 Å². The van der Waals surface area contributed by atoms with Crippen LogP contribution in [0.25, 0.3) is 0 Å². The molecule has 0 saturated heterocycles. The molecule has 2 heteroatoms. The Morgan fingerprint density at radius 1 is 0.962 bits per heavy atom. The van der Waals surface area contributed by atoms with E-state index in [1.807, 2.05) is 7.11 Å². The van der Waals surface area contributed by atoms with E-state index >= 15 is 0 Å². The van der Waals surface area contributed by atoms with Crippen molar-refractivity contribution in [1.82, 2.24) is 0 Å². The maximum absolute atomic E-state index is 6.09. The van der Waals surface area contributed by atoms with E-state index in [0.717, 1.165) is 5.75 Å². The SMILES string of the molecule is COc1c(C(C)(C)C)cc(C(C)(C)C)cc1[Si](C)(C)C1(C)C=CC=C1C. The van der Waals surface area contributed by atoms with Crippen LogP contribution in [0.3, 0.4) is 0 Å². The van der Waals surface area contributed by atoms with Crippen LogP contribution in [0.4, 0.5) is 0 Å². The topological polar surface area (TPSA) is 9.23 Å². The second-order valence-corrected chi connectivity index (χ2v) is 15.5. The molecular weight excluding hydrogens is 332 g/mol. The number of allylic oxidation sites excluding steroid dienone is 4. The second kappa shape index (κ2) is 6.40. The average Bonchev–Trinajstić information content (AvgIpc) is 2.85. The van der Waals surface area contributed by atoms with Crippen molar-refractivity contribution in [3.8, 4) is 5.75 Å². The van der Waals surface area contributed by atoms with Gasteiger partial charge in [0, 0.05) is 5.04 Å². The molecule has 1 aromatic rings. The van der Waals surface area contributed by atoms with Gasteiger partial charge < -0.3 is 4.74 Å². The minimum absolute atomic E-state index is 0.0448. The summed E-state index contributed by atoms with van der Waals surface area (Å²) < 4.78 is 6.09. The lowest BCUT2D eigenvalue weighted by atomic mass is 9.80. The van der Waals surface area contributed by atoms with Crippen LogP contribution in [0.5, 0.6) is 5.75 Å². The molecule has 1 unspecified atom stereocenters. The number of methoxy groups -OCH3 is 1. The van der Waals surface area contributed by atoms with Crippen molar-refractivity contribution < 1.29 is 4.74 Å². The first-order valence-corrected chi connectivity index (χ1v) is 12.8. The lowest BCUT2D eigenvalue weighted by molar-refractivity contribution is 0.399. The molecule has 0 N–H and O–H groups in total. The van der Waals surface area contributed by atoms with E-state index < -0.39 is 8.07 Å². The Morgan fingerprint density at radius 2 is 1.54 bits per heavy atom. The van der Waals surface area contributed by atoms with Crippen molar-refractivity contribution >= 4 is 13.3 Å². The second-order valence-electron chi connectivity index (χ2n) is 10.6. The first-order valence-electron chi connectivity index (χ1n) is 9.76. The van der Waals surface area contributed by atoms with Crippen LogP contribution < -0.4 is 9.92 Å². The molecule has 0 fully saturated rings. The molecule has 1 atom stereocenters. The van der Waals surface area contributed by atoms with Crippen LogP contribution in [-0.2, 0) is 10.8 Å². The number of rotatable bonds is 3. The van der Waals surface area contributed by atoms with E-state index in [1.54, 1.807) is 0 Å². The summed E-state index contributed by atoms with van der Waals surface area (Å²) in [5.41, 5.74) is 4.36. The van der Waals surface area contributed by atoms with E-state index in [-0.39, 0.29) is 15.9 Å². The number of hydrogen-bond donors (Lipinski definition) is 0. The highest BCUT2D eigenvalue weighted by Crippen LogP contribution is 2.50. The Morgan fingerprint density at radius 3 is 1.92 bits per heavy atom. The van der Waals surface area contributed by atoms with Gasteiger partial charge in [0.25, 0.3) is 0 Å². The molecule has 0 radical (unpaired) electrons. The third-order valence-corrected chi connectivity index (χ3v) is 11.4. The average molecular weight is 371 g/mol.